The van der Waals surface area contributed by atoms with E-state index in [9.17, 15) is 9.90 Å². The number of aliphatic hydroxyl groups is 1. The summed E-state index contributed by atoms with van der Waals surface area (Å²) in [4.78, 5) is 25.7. The summed E-state index contributed by atoms with van der Waals surface area (Å²) in [5, 5.41) is 12.7. The summed E-state index contributed by atoms with van der Waals surface area (Å²) in [6.07, 6.45) is 5.89. The second-order valence-electron chi connectivity index (χ2n) is 8.60. The van der Waals surface area contributed by atoms with Gasteiger partial charge in [-0.3, -0.25) is 10.2 Å². The number of aliphatic hydroxyl groups excluding tert-OH is 1. The maximum Gasteiger partial charge on any atom is 0.230 e. The Hall–Kier alpha value is -2.17. The summed E-state index contributed by atoms with van der Waals surface area (Å²) in [6.45, 7) is 1.76. The van der Waals surface area contributed by atoms with Crippen LogP contribution in [0.15, 0.2) is 6.07 Å². The average molecular weight is 420 g/mol. The number of rotatable bonds is 6. The number of hydrogen-bond donors (Lipinski definition) is 4. The predicted molar refractivity (Wildman–Crippen MR) is 113 cm³/mol. The third-order valence-corrected chi connectivity index (χ3v) is 6.60. The van der Waals surface area contributed by atoms with Crippen LogP contribution in [0.4, 0.5) is 11.8 Å². The number of hydrazine groups is 1. The molecule has 0 radical (unpaired) electrons. The first-order valence-corrected chi connectivity index (χ1v) is 10.8. The summed E-state index contributed by atoms with van der Waals surface area (Å²) in [6, 6.07) is 2.67. The van der Waals surface area contributed by atoms with Crippen molar-refractivity contribution in [1.82, 2.24) is 25.7 Å². The predicted octanol–water partition coefficient (Wildman–Crippen LogP) is 0.450. The summed E-state index contributed by atoms with van der Waals surface area (Å²) >= 11 is 0. The Balaban J connectivity index is 1.49. The van der Waals surface area contributed by atoms with Crippen molar-refractivity contribution in [3.8, 4) is 5.88 Å². The lowest BCUT2D eigenvalue weighted by Crippen LogP contribution is -2.58. The van der Waals surface area contributed by atoms with Crippen LogP contribution in [0.1, 0.15) is 45.4 Å². The zero-order valence-electron chi connectivity index (χ0n) is 18.0. The SMILES string of the molecule is COc1cc(NC2CC(CO)NN2)nc(N(C)C2C[C@H]3CCC[C@@H](C2)N3C(C)=O)n1. The quantitative estimate of drug-likeness (QED) is 0.522. The summed E-state index contributed by atoms with van der Waals surface area (Å²) in [5.41, 5.74) is 6.17. The zero-order chi connectivity index (χ0) is 21.3. The molecule has 4 N–H and O–H groups in total. The lowest BCUT2D eigenvalue weighted by molar-refractivity contribution is -0.138. The van der Waals surface area contributed by atoms with E-state index in [4.69, 9.17) is 9.72 Å². The van der Waals surface area contributed by atoms with Gasteiger partial charge >= 0.3 is 0 Å². The van der Waals surface area contributed by atoms with E-state index in [1.54, 1.807) is 20.1 Å². The fourth-order valence-corrected chi connectivity index (χ4v) is 5.11. The van der Waals surface area contributed by atoms with Gasteiger partial charge in [0.25, 0.3) is 0 Å². The molecule has 1 aromatic heterocycles. The fraction of sp³-hybridized carbons (Fsp3) is 0.750. The van der Waals surface area contributed by atoms with Crippen LogP contribution >= 0.6 is 0 Å². The number of fused-ring (bicyclic) bond motifs is 2. The first-order chi connectivity index (χ1) is 14.5. The van der Waals surface area contributed by atoms with E-state index in [-0.39, 0.29) is 30.8 Å². The number of carbonyl (C=O) groups excluding carboxylic acids is 1. The van der Waals surface area contributed by atoms with Crippen molar-refractivity contribution in [3.05, 3.63) is 6.07 Å². The van der Waals surface area contributed by atoms with Gasteiger partial charge in [0.05, 0.1) is 19.9 Å². The first-order valence-electron chi connectivity index (χ1n) is 10.8. The van der Waals surface area contributed by atoms with Crippen LogP contribution in [0, 0.1) is 0 Å². The molecule has 10 heteroatoms. The molecule has 3 aliphatic heterocycles. The molecule has 4 heterocycles. The number of hydrogen-bond acceptors (Lipinski definition) is 9. The number of nitrogens with one attached hydrogen (secondary N) is 3. The van der Waals surface area contributed by atoms with Gasteiger partial charge in [-0.25, -0.2) is 5.43 Å². The monoisotopic (exact) mass is 419 g/mol. The minimum atomic E-state index is -0.0434. The first kappa shape index (κ1) is 21.1. The number of ether oxygens (including phenoxy) is 1. The highest BCUT2D eigenvalue weighted by molar-refractivity contribution is 5.74. The van der Waals surface area contributed by atoms with Crippen molar-refractivity contribution in [3.63, 3.8) is 0 Å². The molecule has 30 heavy (non-hydrogen) atoms. The molecule has 3 saturated heterocycles. The fourth-order valence-electron chi connectivity index (χ4n) is 5.11. The molecule has 0 spiro atoms. The highest BCUT2D eigenvalue weighted by Gasteiger charge is 2.41. The summed E-state index contributed by atoms with van der Waals surface area (Å²) < 4.78 is 5.42. The topological polar surface area (TPSA) is 115 Å². The molecule has 0 saturated carbocycles. The van der Waals surface area contributed by atoms with Crippen LogP contribution in [0.3, 0.4) is 0 Å². The molecule has 5 atom stereocenters. The van der Waals surface area contributed by atoms with Crippen LogP contribution in [0.25, 0.3) is 0 Å². The van der Waals surface area contributed by atoms with Crippen molar-refractivity contribution in [2.24, 2.45) is 0 Å². The maximum absolute atomic E-state index is 12.1. The number of aromatic nitrogens is 2. The van der Waals surface area contributed by atoms with Gasteiger partial charge < -0.3 is 25.0 Å². The third-order valence-electron chi connectivity index (χ3n) is 6.60. The van der Waals surface area contributed by atoms with Gasteiger partial charge in [-0.1, -0.05) is 0 Å². The molecule has 10 nitrogen and oxygen atoms in total. The lowest BCUT2D eigenvalue weighted by Gasteiger charge is -2.50. The van der Waals surface area contributed by atoms with Gasteiger partial charge in [0.2, 0.25) is 17.7 Å². The number of anilines is 2. The van der Waals surface area contributed by atoms with Gasteiger partial charge in [-0.15, -0.1) is 0 Å². The highest BCUT2D eigenvalue weighted by Crippen LogP contribution is 2.36. The molecule has 3 unspecified atom stereocenters. The second-order valence-corrected chi connectivity index (χ2v) is 8.60. The standard InChI is InChI=1S/C20H33N7O3/c1-12(29)27-14-5-4-6-15(27)9-16(8-14)26(2)20-22-17(10-19(23-20)30-3)21-18-7-13(11-28)24-25-18/h10,13-16,18,24-25,28H,4-9,11H2,1-3H3,(H,21,22,23)/t13?,14-,15+,16?,18?. The second kappa shape index (κ2) is 8.91. The molecule has 1 aromatic rings. The van der Waals surface area contributed by atoms with Gasteiger partial charge in [-0.2, -0.15) is 9.97 Å². The Labute approximate surface area is 177 Å². The van der Waals surface area contributed by atoms with Crippen LogP contribution in [-0.4, -0.2) is 77.0 Å². The number of piperidine rings is 2. The summed E-state index contributed by atoms with van der Waals surface area (Å²) in [5.74, 6) is 1.97. The van der Waals surface area contributed by atoms with Crippen LogP contribution in [0.5, 0.6) is 5.88 Å². The van der Waals surface area contributed by atoms with Gasteiger partial charge in [-0.05, 0) is 32.1 Å². The Morgan fingerprint density at radius 1 is 1.30 bits per heavy atom. The van der Waals surface area contributed by atoms with E-state index in [1.807, 2.05) is 7.05 Å². The maximum atomic E-state index is 12.1. The highest BCUT2D eigenvalue weighted by atomic mass is 16.5. The van der Waals surface area contributed by atoms with Crippen molar-refractivity contribution in [2.75, 3.05) is 31.0 Å². The Morgan fingerprint density at radius 3 is 2.63 bits per heavy atom. The minimum absolute atomic E-state index is 0.0132. The number of amides is 1. The van der Waals surface area contributed by atoms with Crippen LogP contribution in [-0.2, 0) is 4.79 Å². The minimum Gasteiger partial charge on any atom is -0.481 e. The third kappa shape index (κ3) is 4.30. The number of methoxy groups -OCH3 is 1. The van der Waals surface area contributed by atoms with E-state index in [2.05, 4.69) is 31.0 Å². The molecular formula is C20H33N7O3. The average Bonchev–Trinajstić information content (AvgIpc) is 3.19. The molecule has 0 aliphatic carbocycles. The van der Waals surface area contributed by atoms with Crippen LogP contribution < -0.4 is 25.8 Å². The normalized spacial score (nSPS) is 30.8. The van der Waals surface area contributed by atoms with Crippen molar-refractivity contribution >= 4 is 17.7 Å². The molecule has 166 valence electrons. The van der Waals surface area contributed by atoms with E-state index in [0.717, 1.165) is 32.1 Å². The van der Waals surface area contributed by atoms with E-state index < -0.39 is 0 Å². The lowest BCUT2D eigenvalue weighted by atomic mass is 9.81. The van der Waals surface area contributed by atoms with Gasteiger partial charge in [0.1, 0.15) is 5.82 Å². The Kier molecular flexibility index (Phi) is 6.26. The van der Waals surface area contributed by atoms with Crippen molar-refractivity contribution < 1.29 is 14.6 Å². The Bertz CT molecular complexity index is 750. The molecule has 2 bridgehead atoms. The molecule has 3 fully saturated rings. The largest absolute Gasteiger partial charge is 0.481 e. The number of carbonyl (C=O) groups is 1. The van der Waals surface area contributed by atoms with E-state index >= 15 is 0 Å². The molecule has 1 amide bonds. The Morgan fingerprint density at radius 2 is 2.03 bits per heavy atom. The van der Waals surface area contributed by atoms with Crippen molar-refractivity contribution in [1.29, 1.82) is 0 Å². The molecule has 4 rings (SSSR count). The van der Waals surface area contributed by atoms with E-state index in [0.29, 0.717) is 29.7 Å². The molecule has 0 aromatic carbocycles. The molecular weight excluding hydrogens is 386 g/mol. The zero-order valence-corrected chi connectivity index (χ0v) is 18.0. The van der Waals surface area contributed by atoms with Crippen molar-refractivity contribution in [2.45, 2.75) is 75.8 Å². The van der Waals surface area contributed by atoms with Crippen LogP contribution in [0.2, 0.25) is 0 Å². The molecule has 3 aliphatic rings. The van der Waals surface area contributed by atoms with E-state index in [1.165, 1.54) is 6.42 Å². The summed E-state index contributed by atoms with van der Waals surface area (Å²) in [7, 11) is 3.63. The van der Waals surface area contributed by atoms with Gasteiger partial charge in [0, 0.05) is 50.6 Å². The smallest absolute Gasteiger partial charge is 0.230 e. The van der Waals surface area contributed by atoms with Gasteiger partial charge in [0.15, 0.2) is 0 Å². The number of nitrogens with zero attached hydrogens (tertiary/aromatic N) is 4.